The fraction of sp³-hybridized carbons (Fsp3) is 0.500. The van der Waals surface area contributed by atoms with Crippen LogP contribution >= 0.6 is 11.8 Å². The van der Waals surface area contributed by atoms with Gasteiger partial charge in [0, 0.05) is 0 Å². The number of hydrogen-bond acceptors (Lipinski definition) is 1. The average molecular weight is 364 g/mol. The van der Waals surface area contributed by atoms with Crippen molar-refractivity contribution >= 4 is 11.8 Å². The SMILES string of the molecule is CSC1(C(C)(C)C2=[C]([Ti+2])CC=C2)CC=CC=C1C.[Cl-].[Cl-]. The molecule has 0 saturated heterocycles. The van der Waals surface area contributed by atoms with E-state index in [0.29, 0.717) is 0 Å². The van der Waals surface area contributed by atoms with Gasteiger partial charge in [0.15, 0.2) is 0 Å². The van der Waals surface area contributed by atoms with Crippen LogP contribution in [-0.4, -0.2) is 11.0 Å². The molecule has 0 radical (unpaired) electrons. The predicted octanol–water partition coefficient (Wildman–Crippen LogP) is -1.21. The van der Waals surface area contributed by atoms with Crippen molar-refractivity contribution in [2.45, 2.75) is 38.4 Å². The third-order valence-corrected chi connectivity index (χ3v) is 6.92. The van der Waals surface area contributed by atoms with Crippen LogP contribution in [0.1, 0.15) is 33.6 Å². The van der Waals surface area contributed by atoms with Gasteiger partial charge in [-0.1, -0.05) is 0 Å². The first-order valence-electron chi connectivity index (χ1n) is 6.46. The van der Waals surface area contributed by atoms with Crippen molar-refractivity contribution in [3.8, 4) is 0 Å². The van der Waals surface area contributed by atoms with Gasteiger partial charge in [-0.05, 0) is 0 Å². The van der Waals surface area contributed by atoms with Crippen molar-refractivity contribution in [2.75, 3.05) is 6.26 Å². The molecule has 2 aliphatic rings. The molecule has 109 valence electrons. The molecule has 1 unspecified atom stereocenters. The molecule has 0 saturated carbocycles. The third kappa shape index (κ3) is 3.18. The Morgan fingerprint density at radius 3 is 2.35 bits per heavy atom. The van der Waals surface area contributed by atoms with Crippen molar-refractivity contribution in [2.24, 2.45) is 5.41 Å². The van der Waals surface area contributed by atoms with Crippen molar-refractivity contribution in [3.63, 3.8) is 0 Å². The Kier molecular flexibility index (Phi) is 7.98. The van der Waals surface area contributed by atoms with Gasteiger partial charge in [-0.15, -0.1) is 0 Å². The van der Waals surface area contributed by atoms with Gasteiger partial charge in [0.2, 0.25) is 0 Å². The largest absolute Gasteiger partial charge is 1.00 e. The summed E-state index contributed by atoms with van der Waals surface area (Å²) in [7, 11) is 0. The minimum absolute atomic E-state index is 0. The van der Waals surface area contributed by atoms with E-state index in [2.05, 4.69) is 77.8 Å². The normalized spacial score (nSPS) is 25.2. The summed E-state index contributed by atoms with van der Waals surface area (Å²) in [5.41, 5.74) is 3.22. The van der Waals surface area contributed by atoms with E-state index in [4.69, 9.17) is 0 Å². The Morgan fingerprint density at radius 2 is 1.90 bits per heavy atom. The number of rotatable bonds is 3. The van der Waals surface area contributed by atoms with Crippen LogP contribution in [0.4, 0.5) is 0 Å². The summed E-state index contributed by atoms with van der Waals surface area (Å²) in [6.07, 6.45) is 16.0. The molecule has 2 rings (SSSR count). The molecule has 0 fully saturated rings. The summed E-state index contributed by atoms with van der Waals surface area (Å²) in [5.74, 6) is 0. The third-order valence-electron chi connectivity index (χ3n) is 4.49. The van der Waals surface area contributed by atoms with E-state index in [0.717, 1.165) is 12.8 Å². The molecule has 0 heterocycles. The van der Waals surface area contributed by atoms with Crippen LogP contribution in [0.3, 0.4) is 0 Å². The smallest absolute Gasteiger partial charge is 1.00 e. The summed E-state index contributed by atoms with van der Waals surface area (Å²) in [4.78, 5) is 0. The Hall–Kier alpha value is 0.604. The molecule has 0 N–H and O–H groups in total. The van der Waals surface area contributed by atoms with E-state index < -0.39 is 0 Å². The molecule has 0 amide bonds. The van der Waals surface area contributed by atoms with Gasteiger partial charge in [-0.3, -0.25) is 0 Å². The van der Waals surface area contributed by atoms with E-state index in [9.17, 15) is 0 Å². The minimum atomic E-state index is 0. The molecule has 0 spiro atoms. The van der Waals surface area contributed by atoms with Gasteiger partial charge in [0.05, 0.1) is 0 Å². The van der Waals surface area contributed by atoms with Crippen LogP contribution in [0.2, 0.25) is 0 Å². The van der Waals surface area contributed by atoms with Crippen LogP contribution < -0.4 is 24.8 Å². The zero-order chi connectivity index (χ0) is 13.4. The maximum atomic E-state index is 2.41. The second kappa shape index (κ2) is 7.74. The zero-order valence-corrected chi connectivity index (χ0v) is 16.4. The molecule has 0 aromatic rings. The molecule has 4 heteroatoms. The van der Waals surface area contributed by atoms with Gasteiger partial charge < -0.3 is 24.8 Å². The molecular weight excluding hydrogens is 343 g/mol. The number of halogens is 2. The van der Waals surface area contributed by atoms with Gasteiger partial charge in [-0.25, -0.2) is 0 Å². The minimum Gasteiger partial charge on any atom is -1.00 e. The molecule has 0 aliphatic heterocycles. The monoisotopic (exact) mass is 363 g/mol. The molecule has 0 bridgehead atoms. The fourth-order valence-corrected chi connectivity index (χ4v) is 5.37. The summed E-state index contributed by atoms with van der Waals surface area (Å²) >= 11 is 4.29. The Morgan fingerprint density at radius 1 is 1.25 bits per heavy atom. The standard InChI is InChI=1S/C16H21S.2ClH.Ti/c1-13-9-7-8-12-16(13,17-4)15(2,3)14-10-5-6-11-14;;;/h5,7-10H,6,12H2,1-4H3;2*1H;/q;;;+2/p-2. The van der Waals surface area contributed by atoms with E-state index in [1.165, 1.54) is 9.45 Å². The van der Waals surface area contributed by atoms with Crippen LogP contribution in [0.25, 0.3) is 0 Å². The first-order valence-corrected chi connectivity index (χ1v) is 8.47. The Bertz CT molecular complexity index is 475. The second-order valence-corrected chi connectivity index (χ2v) is 7.68. The van der Waals surface area contributed by atoms with Crippen molar-refractivity contribution in [3.05, 3.63) is 45.4 Å². The number of thioether (sulfide) groups is 1. The summed E-state index contributed by atoms with van der Waals surface area (Å²) in [5, 5.41) is 0. The van der Waals surface area contributed by atoms with E-state index in [1.807, 2.05) is 11.8 Å². The molecule has 1 atom stereocenters. The number of allylic oxidation sites excluding steroid dienone is 7. The van der Waals surface area contributed by atoms with Gasteiger partial charge in [0.25, 0.3) is 0 Å². The molecule has 20 heavy (non-hydrogen) atoms. The zero-order valence-electron chi connectivity index (χ0n) is 12.5. The van der Waals surface area contributed by atoms with Gasteiger partial charge in [0.1, 0.15) is 0 Å². The summed E-state index contributed by atoms with van der Waals surface area (Å²) < 4.78 is 1.74. The van der Waals surface area contributed by atoms with Gasteiger partial charge in [-0.2, -0.15) is 0 Å². The molecule has 0 aromatic heterocycles. The quantitative estimate of drug-likeness (QED) is 0.567. The van der Waals surface area contributed by atoms with Crippen molar-refractivity contribution in [1.82, 2.24) is 0 Å². The first kappa shape index (κ1) is 20.6. The first-order chi connectivity index (χ1) is 8.45. The number of hydrogen-bond donors (Lipinski definition) is 0. The van der Waals surface area contributed by atoms with Crippen LogP contribution in [-0.2, 0) is 20.4 Å². The van der Waals surface area contributed by atoms with E-state index >= 15 is 0 Å². The average Bonchev–Trinajstić information content (AvgIpc) is 2.76. The van der Waals surface area contributed by atoms with E-state index in [-0.39, 0.29) is 35.0 Å². The molecule has 0 nitrogen and oxygen atoms in total. The maximum absolute atomic E-state index is 2.41. The summed E-state index contributed by atoms with van der Waals surface area (Å²) in [6.45, 7) is 7.11. The maximum Gasteiger partial charge on any atom is -1.00 e. The Balaban J connectivity index is 0.00000180. The van der Waals surface area contributed by atoms with Gasteiger partial charge >= 0.3 is 128 Å². The van der Waals surface area contributed by atoms with Crippen molar-refractivity contribution < 1.29 is 45.2 Å². The van der Waals surface area contributed by atoms with Crippen LogP contribution in [0.15, 0.2) is 45.4 Å². The molecular formula is C16H21Cl2STi. The molecule has 0 aromatic carbocycles. The van der Waals surface area contributed by atoms with Crippen LogP contribution in [0.5, 0.6) is 0 Å². The predicted molar refractivity (Wildman–Crippen MR) is 78.3 cm³/mol. The Labute approximate surface area is 151 Å². The van der Waals surface area contributed by atoms with Crippen LogP contribution in [0, 0.1) is 5.41 Å². The topological polar surface area (TPSA) is 0 Å². The molecule has 2 aliphatic carbocycles. The van der Waals surface area contributed by atoms with Crippen molar-refractivity contribution in [1.29, 1.82) is 0 Å². The van der Waals surface area contributed by atoms with E-state index in [1.54, 1.807) is 5.57 Å². The summed E-state index contributed by atoms with van der Waals surface area (Å²) in [6, 6.07) is 0. The second-order valence-electron chi connectivity index (χ2n) is 5.64. The fourth-order valence-electron chi connectivity index (χ4n) is 3.30.